The number of rotatable bonds is 11. The van der Waals surface area contributed by atoms with E-state index in [0.717, 1.165) is 104 Å². The summed E-state index contributed by atoms with van der Waals surface area (Å²) in [5.41, 5.74) is 4.94. The molecule has 15 nitrogen and oxygen atoms in total. The average molecular weight is 913 g/mol. The maximum absolute atomic E-state index is 13.2. The number of carbonyl (C=O) groups excluding carboxylic acids is 1. The second-order valence-electron chi connectivity index (χ2n) is 18.0. The first-order valence-electron chi connectivity index (χ1n) is 22.5. The lowest BCUT2D eigenvalue weighted by atomic mass is 9.78. The van der Waals surface area contributed by atoms with Gasteiger partial charge in [-0.15, -0.1) is 31.7 Å². The summed E-state index contributed by atoms with van der Waals surface area (Å²) in [6.07, 6.45) is 14.3. The van der Waals surface area contributed by atoms with Gasteiger partial charge in [0.15, 0.2) is 23.2 Å². The van der Waals surface area contributed by atoms with Crippen LogP contribution < -0.4 is 19.7 Å². The lowest BCUT2D eigenvalue weighted by molar-refractivity contribution is 0.0888. The number of halogens is 1. The van der Waals surface area contributed by atoms with Crippen LogP contribution in [0.2, 0.25) is 5.02 Å². The second kappa shape index (κ2) is 18.0. The number of thiophene rings is 1. The van der Waals surface area contributed by atoms with Crippen molar-refractivity contribution in [1.82, 2.24) is 40.2 Å². The number of aromatic nitrogens is 7. The molecule has 4 aliphatic rings. The number of piperidine rings is 1. The molecule has 6 aromatic rings. The van der Waals surface area contributed by atoms with Gasteiger partial charge in [0.2, 0.25) is 5.88 Å². The fraction of sp³-hybridized carbons (Fsp3) is 0.438. The third-order valence-electron chi connectivity index (χ3n) is 13.6. The summed E-state index contributed by atoms with van der Waals surface area (Å²) in [6.45, 7) is 8.70. The van der Waals surface area contributed by atoms with Crippen molar-refractivity contribution < 1.29 is 18.7 Å². The van der Waals surface area contributed by atoms with E-state index in [9.17, 15) is 4.79 Å². The van der Waals surface area contributed by atoms with Crippen molar-refractivity contribution in [2.45, 2.75) is 103 Å². The monoisotopic (exact) mass is 911 g/mol. The maximum Gasteiger partial charge on any atom is 0.272 e. The van der Waals surface area contributed by atoms with Gasteiger partial charge in [-0.2, -0.15) is 5.26 Å². The van der Waals surface area contributed by atoms with Gasteiger partial charge in [-0.1, -0.05) is 11.6 Å². The highest BCUT2D eigenvalue weighted by atomic mass is 35.5. The Hall–Kier alpha value is -6.18. The van der Waals surface area contributed by atoms with Gasteiger partial charge >= 0.3 is 0 Å². The molecule has 334 valence electrons. The number of carbonyl (C=O) groups is 1. The summed E-state index contributed by atoms with van der Waals surface area (Å²) in [5, 5.41) is 31.7. The molecule has 5 aromatic heterocycles. The van der Waals surface area contributed by atoms with Crippen LogP contribution in [0.15, 0.2) is 70.5 Å². The molecule has 10 rings (SSSR count). The number of nitriles is 1. The highest BCUT2D eigenvalue weighted by molar-refractivity contribution is 7.15. The van der Waals surface area contributed by atoms with Crippen LogP contribution in [-0.2, 0) is 6.42 Å². The van der Waals surface area contributed by atoms with E-state index < -0.39 is 0 Å². The molecular weight excluding hydrogens is 862 g/mol. The predicted octanol–water partition coefficient (Wildman–Crippen LogP) is 8.67. The van der Waals surface area contributed by atoms with Crippen molar-refractivity contribution >= 4 is 40.4 Å². The Bertz CT molecular complexity index is 2760. The lowest BCUT2D eigenvalue weighted by Gasteiger charge is -2.41. The summed E-state index contributed by atoms with van der Waals surface area (Å²) in [4.78, 5) is 31.3. The number of ether oxygens (including phenoxy) is 2. The highest BCUT2D eigenvalue weighted by Crippen LogP contribution is 2.48. The molecule has 0 unspecified atom stereocenters. The van der Waals surface area contributed by atoms with Crippen LogP contribution in [-0.4, -0.2) is 78.4 Å². The molecule has 1 N–H and O–H groups in total. The van der Waals surface area contributed by atoms with Crippen LogP contribution in [0, 0.1) is 43.4 Å². The van der Waals surface area contributed by atoms with Gasteiger partial charge in [0.25, 0.3) is 5.91 Å². The van der Waals surface area contributed by atoms with E-state index in [0.29, 0.717) is 52.7 Å². The van der Waals surface area contributed by atoms with Gasteiger partial charge in [0.1, 0.15) is 34.9 Å². The summed E-state index contributed by atoms with van der Waals surface area (Å²) in [6, 6.07) is 14.6. The molecule has 1 spiro atoms. The van der Waals surface area contributed by atoms with Crippen LogP contribution in [0.4, 0.5) is 5.82 Å². The first kappa shape index (κ1) is 42.8. The second-order valence-corrected chi connectivity index (χ2v) is 19.6. The number of aryl methyl sites for hydroxylation is 2. The SMILES string of the molecule is Cc1sc2c(c1C)C(c1ccc(OC[C@H]3CC[C@@]4(CCCN(c5ccc(C(=O)NC6CCC(Oc7ccc(C#N)c(Cl)c7)CC6)nn5)C4)C3)nc1)=N[C@@H](Cc1ncco1)c1nnc(C)n1-2. The Balaban J connectivity index is 0.731. The van der Waals surface area contributed by atoms with Crippen LogP contribution >= 0.6 is 22.9 Å². The minimum absolute atomic E-state index is 0.0250. The number of amides is 1. The Morgan fingerprint density at radius 2 is 1.91 bits per heavy atom. The topological polar surface area (TPSA) is 182 Å². The highest BCUT2D eigenvalue weighted by Gasteiger charge is 2.43. The molecule has 1 aromatic carbocycles. The standard InChI is InChI=1S/C48H50ClN11O4S/c1-28-29(2)65-47-43(28)44(54-39(22-42-51-18-20-62-42)45-58-55-30(3)60(45)47)33-6-14-41(52-25-33)63-26-31-15-17-48(23-31)16-4-19-59(27-48)40-13-12-38(56-57-40)46(61)53-34-7-10-35(11-8-34)64-36-9-5-32(24-50)37(49)21-36/h5-6,9,12-14,18,20-21,25,31,34-35,39H,4,7-8,10-11,15-17,19,22-23,26-27H2,1-3H3,(H,53,61)/t31-,34?,35?,39-,48-/m0/s1. The average Bonchev–Trinajstić information content (AvgIpc) is 4.11. The first-order valence-corrected chi connectivity index (χ1v) is 23.7. The number of oxazole rings is 1. The van der Waals surface area contributed by atoms with Gasteiger partial charge in [-0.25, -0.2) is 9.97 Å². The molecule has 2 saturated carbocycles. The molecule has 0 bridgehead atoms. The fourth-order valence-electron chi connectivity index (χ4n) is 10.1. The van der Waals surface area contributed by atoms with Crippen LogP contribution in [0.25, 0.3) is 5.00 Å². The molecule has 65 heavy (non-hydrogen) atoms. The van der Waals surface area contributed by atoms with Gasteiger partial charge in [-0.05, 0) is 126 Å². The Morgan fingerprint density at radius 3 is 2.66 bits per heavy atom. The molecule has 0 radical (unpaired) electrons. The number of pyridine rings is 1. The minimum atomic E-state index is -0.351. The van der Waals surface area contributed by atoms with Crippen molar-refractivity contribution in [1.29, 1.82) is 5.26 Å². The van der Waals surface area contributed by atoms with Crippen molar-refractivity contribution in [3.05, 3.63) is 117 Å². The molecule has 7 heterocycles. The van der Waals surface area contributed by atoms with Crippen LogP contribution in [0.5, 0.6) is 11.6 Å². The van der Waals surface area contributed by atoms with Gasteiger partial charge < -0.3 is 24.1 Å². The van der Waals surface area contributed by atoms with Crippen LogP contribution in [0.1, 0.15) is 119 Å². The smallest absolute Gasteiger partial charge is 0.272 e. The van der Waals surface area contributed by atoms with Crippen molar-refractivity contribution in [3.8, 4) is 22.7 Å². The zero-order chi connectivity index (χ0) is 44.7. The van der Waals surface area contributed by atoms with E-state index in [1.807, 2.05) is 25.3 Å². The quantitative estimate of drug-likeness (QED) is 0.131. The third kappa shape index (κ3) is 8.83. The number of anilines is 1. The number of fused-ring (bicyclic) bond motifs is 3. The molecule has 1 amide bonds. The molecule has 17 heteroatoms. The Morgan fingerprint density at radius 1 is 1.03 bits per heavy atom. The number of benzene rings is 1. The normalized spacial score (nSPS) is 22.7. The van der Waals surface area contributed by atoms with Gasteiger partial charge in [0, 0.05) is 53.5 Å². The largest absolute Gasteiger partial charge is 0.490 e. The zero-order valence-corrected chi connectivity index (χ0v) is 38.2. The van der Waals surface area contributed by atoms with E-state index in [1.165, 1.54) is 16.9 Å². The van der Waals surface area contributed by atoms with E-state index >= 15 is 0 Å². The van der Waals surface area contributed by atoms with E-state index in [4.69, 9.17) is 40.7 Å². The zero-order valence-electron chi connectivity index (χ0n) is 36.7. The molecular formula is C48H50ClN11O4S. The summed E-state index contributed by atoms with van der Waals surface area (Å²) in [7, 11) is 0. The minimum Gasteiger partial charge on any atom is -0.490 e. The molecule has 3 fully saturated rings. The first-order chi connectivity index (χ1) is 31.6. The van der Waals surface area contributed by atoms with Crippen molar-refractivity contribution in [3.63, 3.8) is 0 Å². The molecule has 3 atom stereocenters. The number of nitrogens with one attached hydrogen (secondary N) is 1. The summed E-state index contributed by atoms with van der Waals surface area (Å²) < 4.78 is 20.3. The molecule has 2 aliphatic carbocycles. The molecule has 2 aliphatic heterocycles. The number of hydrogen-bond donors (Lipinski definition) is 1. The Kier molecular flexibility index (Phi) is 11.8. The Labute approximate surface area is 386 Å². The van der Waals surface area contributed by atoms with Crippen molar-refractivity contribution in [2.75, 3.05) is 24.6 Å². The van der Waals surface area contributed by atoms with Gasteiger partial charge in [0.05, 0.1) is 41.6 Å². The summed E-state index contributed by atoms with van der Waals surface area (Å²) >= 11 is 7.91. The fourth-order valence-corrected chi connectivity index (χ4v) is 11.6. The van der Waals surface area contributed by atoms with Gasteiger partial charge in [-0.3, -0.25) is 14.4 Å². The van der Waals surface area contributed by atoms with E-state index in [2.05, 4.69) is 66.1 Å². The number of hydrogen-bond acceptors (Lipinski definition) is 14. The number of nitrogens with zero attached hydrogens (tertiary/aromatic N) is 10. The maximum atomic E-state index is 13.2. The molecule has 1 saturated heterocycles. The van der Waals surface area contributed by atoms with E-state index in [-0.39, 0.29) is 29.5 Å². The number of aliphatic imine (C=N–C) groups is 1. The van der Waals surface area contributed by atoms with Crippen LogP contribution in [0.3, 0.4) is 0 Å². The van der Waals surface area contributed by atoms with Crippen molar-refractivity contribution in [2.24, 2.45) is 16.3 Å². The van der Waals surface area contributed by atoms with E-state index in [1.54, 1.807) is 48.1 Å². The predicted molar refractivity (Wildman–Crippen MR) is 245 cm³/mol. The summed E-state index contributed by atoms with van der Waals surface area (Å²) in [5.74, 6) is 4.44. The third-order valence-corrected chi connectivity index (χ3v) is 15.1. The lowest BCUT2D eigenvalue weighted by Crippen LogP contribution is -2.43.